The van der Waals surface area contributed by atoms with Crippen molar-refractivity contribution in [3.8, 4) is 18.4 Å². The Balaban J connectivity index is 1.49. The molecule has 41 heavy (non-hydrogen) atoms. The van der Waals surface area contributed by atoms with Gasteiger partial charge in [-0.15, -0.1) is 11.5 Å². The summed E-state index contributed by atoms with van der Waals surface area (Å²) >= 11 is 0. The van der Waals surface area contributed by atoms with Crippen molar-refractivity contribution in [1.29, 1.82) is 5.26 Å². The highest BCUT2D eigenvalue weighted by Crippen LogP contribution is 2.37. The molecule has 2 N–H and O–H groups in total. The van der Waals surface area contributed by atoms with E-state index in [0.717, 1.165) is 24.8 Å². The Morgan fingerprint density at radius 3 is 2.56 bits per heavy atom. The number of fused-ring (bicyclic) bond motifs is 1. The number of aromatic nitrogens is 4. The van der Waals surface area contributed by atoms with Gasteiger partial charge < -0.3 is 10.6 Å². The van der Waals surface area contributed by atoms with E-state index < -0.39 is 11.8 Å². The lowest BCUT2D eigenvalue weighted by atomic mass is 10.00. The molecular weight excluding hydrogens is 513 g/mol. The molecule has 0 radical (unpaired) electrons. The lowest BCUT2D eigenvalue weighted by Crippen LogP contribution is -2.14. The number of terminal acetylenes is 1. The zero-order valence-corrected chi connectivity index (χ0v) is 22.5. The molecule has 6 rings (SSSR count). The second-order valence-corrected chi connectivity index (χ2v) is 10.1. The third-order valence-electron chi connectivity index (χ3n) is 7.27. The highest BCUT2D eigenvalue weighted by molar-refractivity contribution is 5.99. The maximum atomic E-state index is 13.9. The minimum atomic E-state index is -1.62. The fraction of sp³-hybridized carbons (Fsp3) is 0.212. The van der Waals surface area contributed by atoms with Gasteiger partial charge in [0.2, 0.25) is 0 Å². The Labute approximate surface area is 239 Å². The number of hydrogen-bond acceptors (Lipinski definition) is 6. The Kier molecular flexibility index (Phi) is 6.72. The molecule has 1 unspecified atom stereocenters. The third-order valence-corrected chi connectivity index (χ3v) is 7.27. The smallest absolute Gasteiger partial charge is 0.123 e. The van der Waals surface area contributed by atoms with Crippen molar-refractivity contribution in [3.63, 3.8) is 0 Å². The lowest BCUT2D eigenvalue weighted by Gasteiger charge is -2.22. The Morgan fingerprint density at radius 1 is 1.10 bits per heavy atom. The number of pyridine rings is 1. The minimum Gasteiger partial charge on any atom is -0.377 e. The fourth-order valence-corrected chi connectivity index (χ4v) is 4.96. The lowest BCUT2D eigenvalue weighted by molar-refractivity contribution is 0.610. The minimum absolute atomic E-state index is 0.0678. The summed E-state index contributed by atoms with van der Waals surface area (Å²) in [4.78, 5) is 4.54. The molecule has 0 bridgehead atoms. The number of benzene rings is 3. The van der Waals surface area contributed by atoms with Crippen LogP contribution in [0.4, 0.5) is 15.8 Å². The van der Waals surface area contributed by atoms with Gasteiger partial charge >= 0.3 is 0 Å². The van der Waals surface area contributed by atoms with Crippen LogP contribution >= 0.6 is 0 Å². The quantitative estimate of drug-likeness (QED) is 0.197. The van der Waals surface area contributed by atoms with E-state index in [1.54, 1.807) is 29.1 Å². The van der Waals surface area contributed by atoms with Gasteiger partial charge in [-0.1, -0.05) is 60.5 Å². The molecule has 8 heteroatoms. The average molecular weight is 543 g/mol. The van der Waals surface area contributed by atoms with E-state index in [9.17, 15) is 11.0 Å². The maximum Gasteiger partial charge on any atom is 0.123 e. The van der Waals surface area contributed by atoms with Crippen LogP contribution < -0.4 is 10.6 Å². The Hall–Kier alpha value is -5.21. The summed E-state index contributed by atoms with van der Waals surface area (Å²) in [6, 6.07) is 20.2. The van der Waals surface area contributed by atoms with Crippen molar-refractivity contribution in [1.82, 2.24) is 20.0 Å². The van der Waals surface area contributed by atoms with Gasteiger partial charge in [-0.05, 0) is 54.7 Å². The molecule has 2 atom stereocenters. The largest absolute Gasteiger partial charge is 0.377 e. The molecule has 2 heterocycles. The van der Waals surface area contributed by atoms with Gasteiger partial charge in [0.1, 0.15) is 17.6 Å². The molecule has 2 aromatic heterocycles. The Bertz CT molecular complexity index is 1840. The molecule has 1 aliphatic carbocycles. The molecule has 3 aromatic carbocycles. The van der Waals surface area contributed by atoms with Crippen molar-refractivity contribution in [2.75, 3.05) is 10.6 Å². The van der Waals surface area contributed by atoms with E-state index in [-0.39, 0.29) is 12.1 Å². The van der Waals surface area contributed by atoms with E-state index in [4.69, 9.17) is 6.42 Å². The van der Waals surface area contributed by atoms with Crippen LogP contribution in [0.1, 0.15) is 73.6 Å². The van der Waals surface area contributed by atoms with Crippen molar-refractivity contribution >= 4 is 22.3 Å². The second kappa shape index (κ2) is 11.1. The van der Waals surface area contributed by atoms with Crippen molar-refractivity contribution < 1.29 is 5.76 Å². The van der Waals surface area contributed by atoms with Crippen molar-refractivity contribution in [2.45, 2.75) is 44.3 Å². The molecule has 1 fully saturated rings. The second-order valence-electron chi connectivity index (χ2n) is 10.1. The monoisotopic (exact) mass is 542 g/mol. The Morgan fingerprint density at radius 2 is 1.88 bits per heavy atom. The van der Waals surface area contributed by atoms with E-state index in [2.05, 4.69) is 44.8 Å². The summed E-state index contributed by atoms with van der Waals surface area (Å²) in [7, 11) is 0. The van der Waals surface area contributed by atoms with Gasteiger partial charge in [0, 0.05) is 17.3 Å². The highest BCUT2D eigenvalue weighted by Gasteiger charge is 2.27. The standard InChI is InChI=1S/C33H28FN7/c1-3-21-16-26(37-33(23-10-12-25(34)13-11-23)30-20-41(40-39-30)27-14-15-27)17-28-31(21)36-19-24(18-35)32(28)38-29(4-2)22-8-6-5-7-9-22/h1,5-13,16-17,19-20,27,29,33,37H,4,14-15H2,2H3,(H,36,38)/t29-,33?/m1/s1/i33D. The fourth-order valence-electron chi connectivity index (χ4n) is 4.96. The molecule has 0 saturated heterocycles. The summed E-state index contributed by atoms with van der Waals surface area (Å²) in [5.74, 6) is 2.31. The first-order chi connectivity index (χ1) is 20.4. The maximum absolute atomic E-state index is 13.9. The van der Waals surface area contributed by atoms with E-state index in [1.165, 1.54) is 18.3 Å². The first-order valence-corrected chi connectivity index (χ1v) is 13.5. The molecule has 1 aliphatic rings. The summed E-state index contributed by atoms with van der Waals surface area (Å²) in [6.45, 7) is 2.08. The normalized spacial score (nSPS) is 15.3. The predicted molar refractivity (Wildman–Crippen MR) is 158 cm³/mol. The molecule has 202 valence electrons. The molecule has 0 aliphatic heterocycles. The van der Waals surface area contributed by atoms with E-state index in [1.807, 2.05) is 36.4 Å². The SMILES string of the molecule is [2H]C(Nc1cc(C#C)c2ncc(C#N)c(N[C@H](CC)c3ccccc3)c2c1)(c1ccc(F)cc1)c1cn(C2CC2)nn1. The van der Waals surface area contributed by atoms with Crippen LogP contribution in [-0.2, 0) is 0 Å². The predicted octanol–water partition coefficient (Wildman–Crippen LogP) is 6.92. The highest BCUT2D eigenvalue weighted by atomic mass is 19.1. The summed E-state index contributed by atoms with van der Waals surface area (Å²) in [5.41, 5.74) is 4.48. The van der Waals surface area contributed by atoms with Crippen LogP contribution in [-0.4, -0.2) is 20.0 Å². The van der Waals surface area contributed by atoms with Gasteiger partial charge in [-0.3, -0.25) is 4.98 Å². The number of anilines is 2. The zero-order chi connectivity index (χ0) is 29.3. The van der Waals surface area contributed by atoms with Gasteiger partial charge in [-0.25, -0.2) is 9.07 Å². The molecule has 1 saturated carbocycles. The zero-order valence-electron chi connectivity index (χ0n) is 23.5. The van der Waals surface area contributed by atoms with Gasteiger partial charge in [0.25, 0.3) is 0 Å². The molecule has 7 nitrogen and oxygen atoms in total. The molecular formula is C33H28FN7. The topological polar surface area (TPSA) is 91.5 Å². The van der Waals surface area contributed by atoms with E-state index in [0.29, 0.717) is 44.7 Å². The molecule has 0 amide bonds. The van der Waals surface area contributed by atoms with Crippen molar-refractivity contribution in [2.24, 2.45) is 0 Å². The first kappa shape index (κ1) is 24.8. The van der Waals surface area contributed by atoms with Crippen LogP contribution in [0.3, 0.4) is 0 Å². The van der Waals surface area contributed by atoms with Gasteiger partial charge in [0.05, 0.1) is 48.0 Å². The summed E-state index contributed by atoms with van der Waals surface area (Å²) in [5, 5.41) is 26.1. The van der Waals surface area contributed by atoms with Crippen LogP contribution in [0.5, 0.6) is 0 Å². The summed E-state index contributed by atoms with van der Waals surface area (Å²) < 4.78 is 25.3. The number of nitrogens with one attached hydrogen (secondary N) is 2. The number of hydrogen-bond donors (Lipinski definition) is 2. The van der Waals surface area contributed by atoms with Gasteiger partial charge in [0.15, 0.2) is 0 Å². The van der Waals surface area contributed by atoms with Crippen LogP contribution in [0.15, 0.2) is 79.1 Å². The van der Waals surface area contributed by atoms with Crippen molar-refractivity contribution in [3.05, 3.63) is 113 Å². The summed E-state index contributed by atoms with van der Waals surface area (Å²) in [6.07, 6.45) is 12.0. The van der Waals surface area contributed by atoms with Crippen LogP contribution in [0.2, 0.25) is 0 Å². The molecule has 5 aromatic rings. The number of halogens is 1. The molecule has 0 spiro atoms. The van der Waals surface area contributed by atoms with Gasteiger partial charge in [-0.2, -0.15) is 5.26 Å². The first-order valence-electron chi connectivity index (χ1n) is 14.0. The van der Waals surface area contributed by atoms with E-state index >= 15 is 0 Å². The van der Waals surface area contributed by atoms with Crippen LogP contribution in [0.25, 0.3) is 10.9 Å². The van der Waals surface area contributed by atoms with Crippen LogP contribution in [0, 0.1) is 29.5 Å². The number of rotatable bonds is 9. The third kappa shape index (κ3) is 5.33. The average Bonchev–Trinajstić information content (AvgIpc) is 3.75. The number of nitrogens with zero attached hydrogens (tertiary/aromatic N) is 5. The number of nitriles is 1.